The fourth-order valence-corrected chi connectivity index (χ4v) is 0.737. The zero-order chi connectivity index (χ0) is 10.1. The predicted molar refractivity (Wildman–Crippen MR) is 54.4 cm³/mol. The number of para-hydroxylation sites is 1. The minimum absolute atomic E-state index is 0. The monoisotopic (exact) mass is 415 g/mol. The summed E-state index contributed by atoms with van der Waals surface area (Å²) < 4.78 is 4.91. The fraction of sp³-hybridized carbons (Fsp3) is 0.125. The van der Waals surface area contributed by atoms with Crippen molar-refractivity contribution < 1.29 is 21.2 Å². The Bertz CT molecular complexity index is 291. The number of hydrogen-bond donors (Lipinski definition) is 1. The summed E-state index contributed by atoms with van der Waals surface area (Å²) in [5.74, 6) is 0.630. The summed E-state index contributed by atoms with van der Waals surface area (Å²) in [7, 11) is 11.3. The zero-order valence-corrected chi connectivity index (χ0v) is 11.2. The van der Waals surface area contributed by atoms with Crippen molar-refractivity contribution in [2.75, 3.05) is 7.11 Å². The van der Waals surface area contributed by atoms with Gasteiger partial charge in [0.2, 0.25) is 0 Å². The van der Waals surface area contributed by atoms with Gasteiger partial charge in [-0.2, -0.15) is 5.26 Å². The van der Waals surface area contributed by atoms with Crippen molar-refractivity contribution in [3.05, 3.63) is 29.8 Å². The van der Waals surface area contributed by atoms with Crippen LogP contribution in [-0.4, -0.2) is 7.11 Å². The molecule has 0 fully saturated rings. The minimum atomic E-state index is -0.472. The van der Waals surface area contributed by atoms with Gasteiger partial charge in [-0.1, -0.05) is 12.1 Å². The van der Waals surface area contributed by atoms with Gasteiger partial charge in [0.25, 0.3) is 0 Å². The van der Waals surface area contributed by atoms with E-state index in [1.54, 1.807) is 25.3 Å². The molecule has 0 amide bonds. The van der Waals surface area contributed by atoms with E-state index in [0.29, 0.717) is 11.3 Å². The van der Waals surface area contributed by atoms with E-state index >= 15 is 0 Å². The number of methoxy groups -OCH3 is 1. The molecule has 0 radical (unpaired) electrons. The second-order valence-electron chi connectivity index (χ2n) is 1.86. The van der Waals surface area contributed by atoms with Gasteiger partial charge >= 0.3 is 35.3 Å². The van der Waals surface area contributed by atoms with Crippen molar-refractivity contribution in [1.82, 2.24) is 6.15 Å². The van der Waals surface area contributed by atoms with E-state index in [0.717, 1.165) is 0 Å². The van der Waals surface area contributed by atoms with Crippen LogP contribution in [0.4, 0.5) is 0 Å². The van der Waals surface area contributed by atoms with Crippen molar-refractivity contribution in [2.45, 2.75) is 0 Å². The third-order valence-electron chi connectivity index (χ3n) is 1.23. The molecule has 0 saturated heterocycles. The first-order valence-electron chi connectivity index (χ1n) is 3.15. The molecular weight excluding hydrogens is 406 g/mol. The first-order valence-corrected chi connectivity index (χ1v) is 8.78. The Kier molecular flexibility index (Phi) is 12.5. The van der Waals surface area contributed by atoms with E-state index in [1.165, 1.54) is 0 Å². The molecule has 3 N–H and O–H groups in total. The molecule has 6 heteroatoms. The standard InChI is InChI=1S/C8H7NO.2ClH.H3N.Pt/c1-10-8-5-3-2-4-7(8)6-9;;;;/h2-5H,1H3;2*1H;1H3;/q;;;;+2/p-2. The van der Waals surface area contributed by atoms with Crippen molar-refractivity contribution in [3.63, 3.8) is 0 Å². The van der Waals surface area contributed by atoms with E-state index in [4.69, 9.17) is 28.8 Å². The van der Waals surface area contributed by atoms with E-state index in [1.807, 2.05) is 12.1 Å². The van der Waals surface area contributed by atoms with Crippen molar-refractivity contribution in [1.29, 1.82) is 5.26 Å². The summed E-state index contributed by atoms with van der Waals surface area (Å²) in [5, 5.41) is 8.52. The average Bonchev–Trinajstić information content (AvgIpc) is 2.19. The van der Waals surface area contributed by atoms with Gasteiger partial charge in [-0.15, -0.1) is 0 Å². The second kappa shape index (κ2) is 10.8. The maximum atomic E-state index is 8.52. The Morgan fingerprint density at radius 1 is 1.36 bits per heavy atom. The SMILES string of the molecule is COc1ccccc1C#N.N.[Cl][Pt][Cl]. The molecule has 1 aromatic carbocycles. The van der Waals surface area contributed by atoms with Crippen molar-refractivity contribution in [3.8, 4) is 11.8 Å². The number of hydrogen-bond acceptors (Lipinski definition) is 3. The third kappa shape index (κ3) is 6.23. The zero-order valence-electron chi connectivity index (χ0n) is 7.44. The Morgan fingerprint density at radius 3 is 2.21 bits per heavy atom. The van der Waals surface area contributed by atoms with Crippen LogP contribution < -0.4 is 10.9 Å². The van der Waals surface area contributed by atoms with Crippen LogP contribution in [0.25, 0.3) is 0 Å². The molecule has 0 heterocycles. The molecule has 0 aliphatic heterocycles. The number of halogens is 2. The molecule has 14 heavy (non-hydrogen) atoms. The molecule has 1 aromatic rings. The fourth-order valence-electron chi connectivity index (χ4n) is 0.737. The number of nitriles is 1. The van der Waals surface area contributed by atoms with Gasteiger partial charge in [-0.05, 0) is 12.1 Å². The van der Waals surface area contributed by atoms with Crippen LogP contribution in [0.3, 0.4) is 0 Å². The molecular formula is C8H10Cl2N2OPt. The molecule has 1 rings (SSSR count). The molecule has 0 aromatic heterocycles. The average molecular weight is 416 g/mol. The van der Waals surface area contributed by atoms with Crippen LogP contribution >= 0.6 is 18.8 Å². The molecule has 3 nitrogen and oxygen atoms in total. The Morgan fingerprint density at radius 2 is 1.86 bits per heavy atom. The van der Waals surface area contributed by atoms with Crippen LogP contribution in [0.15, 0.2) is 24.3 Å². The number of ether oxygens (including phenoxy) is 1. The molecule has 0 unspecified atom stereocenters. The van der Waals surface area contributed by atoms with Gasteiger partial charge in [0, 0.05) is 0 Å². The number of nitrogens with zero attached hydrogens (tertiary/aromatic N) is 1. The Hall–Kier alpha value is -0.262. The Balaban J connectivity index is 0. The second-order valence-corrected chi connectivity index (χ2v) is 5.14. The van der Waals surface area contributed by atoms with Crippen LogP contribution in [0, 0.1) is 11.3 Å². The van der Waals surface area contributed by atoms with Crippen LogP contribution in [-0.2, 0) is 16.5 Å². The van der Waals surface area contributed by atoms with E-state index in [-0.39, 0.29) is 6.15 Å². The number of rotatable bonds is 1. The normalized spacial score (nSPS) is 7.57. The molecule has 0 saturated carbocycles. The summed E-state index contributed by atoms with van der Waals surface area (Å²) >= 11 is -0.472. The van der Waals surface area contributed by atoms with Crippen LogP contribution in [0.2, 0.25) is 0 Å². The van der Waals surface area contributed by atoms with Crippen molar-refractivity contribution in [2.24, 2.45) is 0 Å². The molecule has 0 spiro atoms. The molecule has 0 atom stereocenters. The van der Waals surface area contributed by atoms with Gasteiger partial charge in [-0.3, -0.25) is 0 Å². The first-order chi connectivity index (χ1) is 6.29. The van der Waals surface area contributed by atoms with Gasteiger partial charge in [-0.25, -0.2) is 0 Å². The summed E-state index contributed by atoms with van der Waals surface area (Å²) in [4.78, 5) is 0. The first kappa shape index (κ1) is 16.2. The number of benzene rings is 1. The van der Waals surface area contributed by atoms with Gasteiger partial charge in [0.1, 0.15) is 11.8 Å². The summed E-state index contributed by atoms with van der Waals surface area (Å²) in [6, 6.07) is 9.14. The van der Waals surface area contributed by atoms with Gasteiger partial charge < -0.3 is 10.9 Å². The van der Waals surface area contributed by atoms with Crippen LogP contribution in [0.5, 0.6) is 5.75 Å². The van der Waals surface area contributed by atoms with Gasteiger partial charge in [0.15, 0.2) is 0 Å². The summed E-state index contributed by atoms with van der Waals surface area (Å²) in [6.07, 6.45) is 0. The van der Waals surface area contributed by atoms with E-state index in [2.05, 4.69) is 0 Å². The van der Waals surface area contributed by atoms with E-state index in [9.17, 15) is 0 Å². The third-order valence-corrected chi connectivity index (χ3v) is 1.23. The summed E-state index contributed by atoms with van der Waals surface area (Å²) in [5.41, 5.74) is 0.574. The molecule has 0 bridgehead atoms. The van der Waals surface area contributed by atoms with Crippen molar-refractivity contribution >= 4 is 18.8 Å². The summed E-state index contributed by atoms with van der Waals surface area (Å²) in [6.45, 7) is 0. The molecule has 0 aliphatic rings. The topological polar surface area (TPSA) is 68.0 Å². The maximum absolute atomic E-state index is 8.52. The molecule has 0 aliphatic carbocycles. The Labute approximate surface area is 99.9 Å². The quantitative estimate of drug-likeness (QED) is 0.765. The molecule has 82 valence electrons. The van der Waals surface area contributed by atoms with E-state index < -0.39 is 16.5 Å². The predicted octanol–water partition coefficient (Wildman–Crippen LogP) is 3.11. The van der Waals surface area contributed by atoms with Gasteiger partial charge in [0.05, 0.1) is 12.7 Å². The van der Waals surface area contributed by atoms with Crippen LogP contribution in [0.1, 0.15) is 5.56 Å².